The van der Waals surface area contributed by atoms with Crippen molar-refractivity contribution in [2.45, 2.75) is 57.1 Å². The SMILES string of the molecule is O=C(O)Oc1ccc(CCCN2C(=O)CC[C@@H]2CC[C@@H](O)Cc2cccc(Cl)c2)s1. The quantitative estimate of drug-likeness (QED) is 0.508. The number of halogens is 1. The van der Waals surface area contributed by atoms with Crippen molar-refractivity contribution in [3.8, 4) is 5.06 Å². The molecule has 1 aromatic heterocycles. The van der Waals surface area contributed by atoms with Crippen molar-refractivity contribution in [2.75, 3.05) is 6.54 Å². The van der Waals surface area contributed by atoms with Gasteiger partial charge in [-0.15, -0.1) is 11.3 Å². The molecule has 1 aliphatic rings. The molecule has 2 N–H and O–H groups in total. The highest BCUT2D eigenvalue weighted by atomic mass is 35.5. The number of aliphatic hydroxyl groups is 1. The van der Waals surface area contributed by atoms with Gasteiger partial charge in [-0.3, -0.25) is 4.79 Å². The van der Waals surface area contributed by atoms with Crippen LogP contribution in [0.1, 0.15) is 42.5 Å². The Bertz CT molecular complexity index is 871. The first-order valence-corrected chi connectivity index (χ1v) is 11.3. The van der Waals surface area contributed by atoms with Crippen LogP contribution >= 0.6 is 22.9 Å². The topological polar surface area (TPSA) is 87.1 Å². The van der Waals surface area contributed by atoms with Crippen molar-refractivity contribution in [3.05, 3.63) is 51.9 Å². The van der Waals surface area contributed by atoms with Gasteiger partial charge in [0.05, 0.1) is 6.10 Å². The van der Waals surface area contributed by atoms with Crippen LogP contribution in [0.3, 0.4) is 0 Å². The van der Waals surface area contributed by atoms with Crippen LogP contribution in [0.15, 0.2) is 36.4 Å². The van der Waals surface area contributed by atoms with E-state index in [1.807, 2.05) is 35.2 Å². The standard InChI is InChI=1S/C22H26ClNO5S/c23-16-4-1-3-15(13-16)14-18(25)8-6-17-7-10-20(26)24(17)12-2-5-19-9-11-21(30-19)29-22(27)28/h1,3-4,9,11,13,17-18,25H,2,5-8,10,12,14H2,(H,27,28)/t17-,18+/m0/s1. The van der Waals surface area contributed by atoms with Crippen LogP contribution in [0, 0.1) is 0 Å². The molecule has 1 aromatic carbocycles. The van der Waals surface area contributed by atoms with Crippen LogP contribution in [0.5, 0.6) is 5.06 Å². The van der Waals surface area contributed by atoms with E-state index in [0.717, 1.165) is 36.1 Å². The first kappa shape index (κ1) is 22.6. The highest BCUT2D eigenvalue weighted by molar-refractivity contribution is 7.13. The molecule has 8 heteroatoms. The minimum absolute atomic E-state index is 0.167. The first-order valence-electron chi connectivity index (χ1n) is 10.1. The summed E-state index contributed by atoms with van der Waals surface area (Å²) in [5.74, 6) is 0.172. The van der Waals surface area contributed by atoms with Crippen molar-refractivity contribution >= 4 is 35.0 Å². The molecule has 1 amide bonds. The summed E-state index contributed by atoms with van der Waals surface area (Å²) in [6.07, 6.45) is 3.17. The predicted molar refractivity (Wildman–Crippen MR) is 116 cm³/mol. The van der Waals surface area contributed by atoms with Gasteiger partial charge in [0.25, 0.3) is 0 Å². The van der Waals surface area contributed by atoms with Gasteiger partial charge >= 0.3 is 6.16 Å². The van der Waals surface area contributed by atoms with E-state index in [1.54, 1.807) is 6.07 Å². The fourth-order valence-corrected chi connectivity index (χ4v) is 4.98. The van der Waals surface area contributed by atoms with Crippen molar-refractivity contribution < 1.29 is 24.5 Å². The lowest BCUT2D eigenvalue weighted by molar-refractivity contribution is -0.129. The van der Waals surface area contributed by atoms with Crippen LogP contribution in [-0.2, 0) is 17.6 Å². The number of hydrogen-bond donors (Lipinski definition) is 2. The number of aryl methyl sites for hydroxylation is 1. The predicted octanol–water partition coefficient (Wildman–Crippen LogP) is 4.77. The Morgan fingerprint density at radius 1 is 1.33 bits per heavy atom. The van der Waals surface area contributed by atoms with Crippen LogP contribution < -0.4 is 4.74 Å². The molecule has 1 aliphatic heterocycles. The average molecular weight is 452 g/mol. The Labute approximate surface area is 185 Å². The number of rotatable bonds is 10. The number of amides is 1. The molecule has 1 fully saturated rings. The number of benzene rings is 1. The summed E-state index contributed by atoms with van der Waals surface area (Å²) in [7, 11) is 0. The number of aliphatic hydroxyl groups excluding tert-OH is 1. The molecule has 0 spiro atoms. The van der Waals surface area contributed by atoms with Gasteiger partial charge in [-0.05, 0) is 68.4 Å². The maximum absolute atomic E-state index is 12.3. The summed E-state index contributed by atoms with van der Waals surface area (Å²) in [4.78, 5) is 25.8. The lowest BCUT2D eigenvalue weighted by atomic mass is 10.0. The fourth-order valence-electron chi connectivity index (χ4n) is 3.88. The minimum atomic E-state index is -1.31. The zero-order valence-corrected chi connectivity index (χ0v) is 18.2. The Morgan fingerprint density at radius 3 is 2.93 bits per heavy atom. The van der Waals surface area contributed by atoms with E-state index in [1.165, 1.54) is 11.3 Å². The van der Waals surface area contributed by atoms with Gasteiger partial charge in [0.15, 0.2) is 5.06 Å². The number of nitrogens with zero attached hydrogens (tertiary/aromatic N) is 1. The van der Waals surface area contributed by atoms with Crippen LogP contribution in [0.25, 0.3) is 0 Å². The number of thiophene rings is 1. The molecule has 0 aliphatic carbocycles. The molecule has 0 saturated carbocycles. The zero-order valence-electron chi connectivity index (χ0n) is 16.6. The van der Waals surface area contributed by atoms with E-state index in [-0.39, 0.29) is 11.9 Å². The van der Waals surface area contributed by atoms with Crippen molar-refractivity contribution in [2.24, 2.45) is 0 Å². The largest absolute Gasteiger partial charge is 0.512 e. The number of carbonyl (C=O) groups excluding carboxylic acids is 1. The second kappa shape index (κ2) is 10.8. The highest BCUT2D eigenvalue weighted by Crippen LogP contribution is 2.27. The molecular weight excluding hydrogens is 426 g/mol. The molecule has 2 aromatic rings. The van der Waals surface area contributed by atoms with E-state index in [4.69, 9.17) is 16.7 Å². The number of carbonyl (C=O) groups is 2. The van der Waals surface area contributed by atoms with Gasteiger partial charge in [-0.1, -0.05) is 23.7 Å². The van der Waals surface area contributed by atoms with E-state index < -0.39 is 12.3 Å². The lowest BCUT2D eigenvalue weighted by Gasteiger charge is -2.25. The van der Waals surface area contributed by atoms with E-state index in [2.05, 4.69) is 4.74 Å². The Balaban J connectivity index is 1.43. The summed E-state index contributed by atoms with van der Waals surface area (Å²) in [5, 5.41) is 20.1. The summed E-state index contributed by atoms with van der Waals surface area (Å²) < 4.78 is 4.65. The van der Waals surface area contributed by atoms with Gasteiger partial charge in [0.1, 0.15) is 0 Å². The van der Waals surface area contributed by atoms with E-state index in [0.29, 0.717) is 35.9 Å². The van der Waals surface area contributed by atoms with E-state index in [9.17, 15) is 14.7 Å². The molecule has 0 radical (unpaired) electrons. The molecule has 1 saturated heterocycles. The van der Waals surface area contributed by atoms with Crippen molar-refractivity contribution in [3.63, 3.8) is 0 Å². The molecule has 6 nitrogen and oxygen atoms in total. The van der Waals surface area contributed by atoms with Crippen molar-refractivity contribution in [1.82, 2.24) is 4.90 Å². The zero-order chi connectivity index (χ0) is 21.5. The number of likely N-dealkylation sites (tertiary alicyclic amines) is 1. The second-order valence-corrected chi connectivity index (χ2v) is 9.10. The van der Waals surface area contributed by atoms with Crippen molar-refractivity contribution in [1.29, 1.82) is 0 Å². The molecule has 162 valence electrons. The number of ether oxygens (including phenoxy) is 1. The normalized spacial score (nSPS) is 17.3. The third-order valence-electron chi connectivity index (χ3n) is 5.29. The molecule has 30 heavy (non-hydrogen) atoms. The summed E-state index contributed by atoms with van der Waals surface area (Å²) in [6, 6.07) is 11.2. The summed E-state index contributed by atoms with van der Waals surface area (Å²) >= 11 is 7.31. The maximum atomic E-state index is 12.3. The van der Waals surface area contributed by atoms with Gasteiger partial charge < -0.3 is 19.8 Å². The van der Waals surface area contributed by atoms with Gasteiger partial charge in [0, 0.05) is 28.9 Å². The van der Waals surface area contributed by atoms with Gasteiger partial charge in [-0.2, -0.15) is 0 Å². The van der Waals surface area contributed by atoms with Crippen LogP contribution in [0.4, 0.5) is 4.79 Å². The first-order chi connectivity index (χ1) is 14.4. The Morgan fingerprint density at radius 2 is 2.17 bits per heavy atom. The average Bonchev–Trinajstić information content (AvgIpc) is 3.26. The second-order valence-electron chi connectivity index (χ2n) is 7.54. The minimum Gasteiger partial charge on any atom is -0.449 e. The Hall–Kier alpha value is -2.09. The highest BCUT2D eigenvalue weighted by Gasteiger charge is 2.30. The smallest absolute Gasteiger partial charge is 0.449 e. The number of hydrogen-bond acceptors (Lipinski definition) is 5. The fraction of sp³-hybridized carbons (Fsp3) is 0.455. The monoisotopic (exact) mass is 451 g/mol. The van der Waals surface area contributed by atoms with E-state index >= 15 is 0 Å². The molecular formula is C22H26ClNO5S. The molecule has 0 unspecified atom stereocenters. The third kappa shape index (κ3) is 6.72. The van der Waals surface area contributed by atoms with Crippen LogP contribution in [0.2, 0.25) is 5.02 Å². The molecule has 2 atom stereocenters. The maximum Gasteiger partial charge on any atom is 0.512 e. The lowest BCUT2D eigenvalue weighted by Crippen LogP contribution is -2.34. The van der Waals surface area contributed by atoms with Gasteiger partial charge in [0.2, 0.25) is 5.91 Å². The Kier molecular flexibility index (Phi) is 8.13. The summed E-state index contributed by atoms with van der Waals surface area (Å²) in [5.41, 5.74) is 1.01. The molecule has 0 bridgehead atoms. The number of carboxylic acid groups (broad SMARTS) is 1. The third-order valence-corrected chi connectivity index (χ3v) is 6.55. The summed E-state index contributed by atoms with van der Waals surface area (Å²) in [6.45, 7) is 0.668. The molecule has 3 rings (SSSR count). The van der Waals surface area contributed by atoms with Crippen LogP contribution in [-0.4, -0.2) is 45.9 Å². The van der Waals surface area contributed by atoms with Gasteiger partial charge in [-0.25, -0.2) is 4.79 Å². The molecule has 2 heterocycles.